The van der Waals surface area contributed by atoms with Gasteiger partial charge in [0.05, 0.1) is 10.1 Å². The Morgan fingerprint density at radius 2 is 1.53 bits per heavy atom. The summed E-state index contributed by atoms with van der Waals surface area (Å²) in [4.78, 5) is 12.7. The standard InChI is InChI=1S/C21H23N5O3S3/c1-3-16(4-2)32(28,29)17-12-10-14(11-13-17)18(27)23-20-25-26-21(31-20)24-19(30)22-15-8-6-5-7-9-15/h5-13,16H,3-4H2,1-2H3,(H,23,25,27)(H2,22,24,26,30). The lowest BCUT2D eigenvalue weighted by molar-refractivity contribution is 0.102. The molecule has 1 aromatic heterocycles. The summed E-state index contributed by atoms with van der Waals surface area (Å²) in [6.45, 7) is 3.70. The fourth-order valence-electron chi connectivity index (χ4n) is 2.99. The number of carbonyl (C=O) groups is 1. The lowest BCUT2D eigenvalue weighted by Gasteiger charge is -2.14. The Kier molecular flexibility index (Phi) is 7.89. The lowest BCUT2D eigenvalue weighted by Crippen LogP contribution is -2.20. The number of aromatic nitrogens is 2. The Morgan fingerprint density at radius 3 is 2.12 bits per heavy atom. The second-order valence-corrected chi connectivity index (χ2v) is 10.4. The van der Waals surface area contributed by atoms with Crippen molar-refractivity contribution in [1.82, 2.24) is 10.2 Å². The van der Waals surface area contributed by atoms with Gasteiger partial charge in [-0.15, -0.1) is 10.2 Å². The number of thiocarbonyl (C=S) groups is 1. The Bertz CT molecular complexity index is 1170. The first-order valence-corrected chi connectivity index (χ1v) is 12.7. The van der Waals surface area contributed by atoms with Gasteiger partial charge >= 0.3 is 0 Å². The summed E-state index contributed by atoms with van der Waals surface area (Å²) < 4.78 is 25.3. The minimum absolute atomic E-state index is 0.213. The van der Waals surface area contributed by atoms with Gasteiger partial charge < -0.3 is 10.6 Å². The molecule has 0 fully saturated rings. The van der Waals surface area contributed by atoms with E-state index in [1.54, 1.807) is 0 Å². The molecule has 0 bridgehead atoms. The number of amides is 1. The SMILES string of the molecule is CCC(CC)S(=O)(=O)c1ccc(C(=O)Nc2nnc(NC(=S)Nc3ccccc3)s2)cc1. The van der Waals surface area contributed by atoms with E-state index in [1.165, 1.54) is 24.3 Å². The molecule has 32 heavy (non-hydrogen) atoms. The molecule has 2 aromatic carbocycles. The van der Waals surface area contributed by atoms with Crippen LogP contribution in [0.3, 0.4) is 0 Å². The van der Waals surface area contributed by atoms with E-state index in [9.17, 15) is 13.2 Å². The third kappa shape index (κ3) is 5.87. The number of anilines is 3. The molecule has 11 heteroatoms. The number of nitrogens with zero attached hydrogens (tertiary/aromatic N) is 2. The average molecular weight is 490 g/mol. The van der Waals surface area contributed by atoms with Crippen molar-refractivity contribution in [3.8, 4) is 0 Å². The topological polar surface area (TPSA) is 113 Å². The summed E-state index contributed by atoms with van der Waals surface area (Å²) in [6.07, 6.45) is 1.08. The van der Waals surface area contributed by atoms with Crippen LogP contribution < -0.4 is 16.0 Å². The minimum atomic E-state index is -3.41. The summed E-state index contributed by atoms with van der Waals surface area (Å²) >= 11 is 6.37. The molecule has 0 unspecified atom stereocenters. The van der Waals surface area contributed by atoms with Crippen LogP contribution in [0.15, 0.2) is 59.5 Å². The zero-order valence-corrected chi connectivity index (χ0v) is 20.0. The van der Waals surface area contributed by atoms with Crippen LogP contribution in [0.4, 0.5) is 16.0 Å². The van der Waals surface area contributed by atoms with E-state index in [0.29, 0.717) is 28.6 Å². The first-order valence-electron chi connectivity index (χ1n) is 9.95. The van der Waals surface area contributed by atoms with E-state index in [1.807, 2.05) is 44.2 Å². The first kappa shape index (κ1) is 23.8. The molecule has 3 aromatic rings. The molecule has 0 aliphatic carbocycles. The number of para-hydroxylation sites is 1. The monoisotopic (exact) mass is 489 g/mol. The van der Waals surface area contributed by atoms with Gasteiger partial charge in [0.1, 0.15) is 0 Å². The maximum Gasteiger partial charge on any atom is 0.257 e. The van der Waals surface area contributed by atoms with E-state index >= 15 is 0 Å². The molecule has 3 N–H and O–H groups in total. The molecule has 0 radical (unpaired) electrons. The van der Waals surface area contributed by atoms with Gasteiger partial charge in [-0.05, 0) is 61.5 Å². The van der Waals surface area contributed by atoms with Crippen molar-refractivity contribution >= 4 is 60.4 Å². The zero-order valence-electron chi connectivity index (χ0n) is 17.5. The third-order valence-corrected chi connectivity index (χ3v) is 8.12. The first-order chi connectivity index (χ1) is 15.3. The van der Waals surface area contributed by atoms with E-state index < -0.39 is 21.0 Å². The molecule has 0 saturated carbocycles. The van der Waals surface area contributed by atoms with Gasteiger partial charge in [0.25, 0.3) is 5.91 Å². The number of hydrogen-bond donors (Lipinski definition) is 3. The van der Waals surface area contributed by atoms with Crippen molar-refractivity contribution in [3.63, 3.8) is 0 Å². The molecule has 0 saturated heterocycles. The Hall–Kier alpha value is -2.89. The Labute approximate surface area is 196 Å². The van der Waals surface area contributed by atoms with E-state index in [4.69, 9.17) is 12.2 Å². The number of benzene rings is 2. The normalized spacial score (nSPS) is 11.2. The van der Waals surface area contributed by atoms with Gasteiger partial charge in [0.15, 0.2) is 14.9 Å². The Morgan fingerprint density at radius 1 is 0.938 bits per heavy atom. The highest BCUT2D eigenvalue weighted by atomic mass is 32.2. The van der Waals surface area contributed by atoms with Crippen molar-refractivity contribution < 1.29 is 13.2 Å². The highest BCUT2D eigenvalue weighted by Gasteiger charge is 2.24. The third-order valence-electron chi connectivity index (χ3n) is 4.69. The average Bonchev–Trinajstić information content (AvgIpc) is 3.21. The van der Waals surface area contributed by atoms with Gasteiger partial charge in [-0.2, -0.15) is 0 Å². The van der Waals surface area contributed by atoms with E-state index in [0.717, 1.165) is 17.0 Å². The zero-order chi connectivity index (χ0) is 23.1. The second kappa shape index (κ2) is 10.6. The highest BCUT2D eigenvalue weighted by molar-refractivity contribution is 7.92. The fraction of sp³-hybridized carbons (Fsp3) is 0.238. The summed E-state index contributed by atoms with van der Waals surface area (Å²) in [5.41, 5.74) is 1.15. The lowest BCUT2D eigenvalue weighted by atomic mass is 10.2. The van der Waals surface area contributed by atoms with Crippen LogP contribution in [0, 0.1) is 0 Å². The molecule has 0 atom stereocenters. The number of hydrogen-bond acceptors (Lipinski definition) is 7. The van der Waals surface area contributed by atoms with E-state index in [2.05, 4.69) is 26.1 Å². The van der Waals surface area contributed by atoms with Crippen LogP contribution in [0.2, 0.25) is 0 Å². The maximum absolute atomic E-state index is 12.6. The fourth-order valence-corrected chi connectivity index (χ4v) is 5.69. The van der Waals surface area contributed by atoms with Crippen LogP contribution in [0.5, 0.6) is 0 Å². The molecule has 8 nitrogen and oxygen atoms in total. The number of rotatable bonds is 8. The predicted molar refractivity (Wildman–Crippen MR) is 132 cm³/mol. The molecule has 0 aliphatic heterocycles. The molecular weight excluding hydrogens is 466 g/mol. The number of carbonyl (C=O) groups excluding carboxylic acids is 1. The quantitative estimate of drug-likeness (QED) is 0.395. The van der Waals surface area contributed by atoms with Gasteiger partial charge in [-0.3, -0.25) is 10.1 Å². The van der Waals surface area contributed by atoms with Crippen molar-refractivity contribution in [2.24, 2.45) is 0 Å². The summed E-state index contributed by atoms with van der Waals surface area (Å²) in [7, 11) is -3.41. The molecule has 1 heterocycles. The summed E-state index contributed by atoms with van der Waals surface area (Å²) in [5, 5.41) is 17.1. The van der Waals surface area contributed by atoms with Gasteiger partial charge in [0, 0.05) is 11.3 Å². The van der Waals surface area contributed by atoms with Crippen LogP contribution in [-0.2, 0) is 9.84 Å². The van der Waals surface area contributed by atoms with Gasteiger partial charge in [-0.25, -0.2) is 8.42 Å². The number of nitrogens with one attached hydrogen (secondary N) is 3. The molecule has 168 valence electrons. The van der Waals surface area contributed by atoms with Crippen molar-refractivity contribution in [3.05, 3.63) is 60.2 Å². The van der Waals surface area contributed by atoms with Crippen molar-refractivity contribution in [2.45, 2.75) is 36.8 Å². The Balaban J connectivity index is 1.60. The molecule has 1 amide bonds. The molecule has 0 spiro atoms. The summed E-state index contributed by atoms with van der Waals surface area (Å²) in [5.74, 6) is -0.413. The van der Waals surface area contributed by atoms with Gasteiger partial charge in [0.2, 0.25) is 10.3 Å². The summed E-state index contributed by atoms with van der Waals surface area (Å²) in [6, 6.07) is 15.3. The number of sulfone groups is 1. The van der Waals surface area contributed by atoms with Crippen molar-refractivity contribution in [2.75, 3.05) is 16.0 Å². The van der Waals surface area contributed by atoms with Crippen LogP contribution in [0.1, 0.15) is 37.0 Å². The molecule has 3 rings (SSSR count). The minimum Gasteiger partial charge on any atom is -0.332 e. The van der Waals surface area contributed by atoms with Gasteiger partial charge in [-0.1, -0.05) is 43.4 Å². The smallest absolute Gasteiger partial charge is 0.257 e. The predicted octanol–water partition coefficient (Wildman–Crippen LogP) is 4.56. The van der Waals surface area contributed by atoms with Crippen LogP contribution >= 0.6 is 23.6 Å². The second-order valence-electron chi connectivity index (χ2n) is 6.82. The van der Waals surface area contributed by atoms with Crippen molar-refractivity contribution in [1.29, 1.82) is 0 Å². The van der Waals surface area contributed by atoms with E-state index in [-0.39, 0.29) is 10.0 Å². The largest absolute Gasteiger partial charge is 0.332 e. The maximum atomic E-state index is 12.6. The highest BCUT2D eigenvalue weighted by Crippen LogP contribution is 2.23. The molecule has 0 aliphatic rings. The van der Waals surface area contributed by atoms with Crippen LogP contribution in [-0.4, -0.2) is 34.9 Å². The van der Waals surface area contributed by atoms with Crippen LogP contribution in [0.25, 0.3) is 0 Å². The molecular formula is C21H23N5O3S3.